The van der Waals surface area contributed by atoms with Crippen LogP contribution in [0.1, 0.15) is 18.5 Å². The molecule has 0 aliphatic rings. The average molecular weight is 161 g/mol. The quantitative estimate of drug-likeness (QED) is 0.665. The van der Waals surface area contributed by atoms with Crippen LogP contribution in [0.2, 0.25) is 0 Å². The van der Waals surface area contributed by atoms with E-state index in [4.69, 9.17) is 6.42 Å². The summed E-state index contributed by atoms with van der Waals surface area (Å²) < 4.78 is 0. The van der Waals surface area contributed by atoms with E-state index in [1.807, 2.05) is 6.92 Å². The van der Waals surface area contributed by atoms with E-state index in [-0.39, 0.29) is 6.04 Å². The average Bonchev–Trinajstić information content (AvgIpc) is 2.15. The minimum absolute atomic E-state index is 0.210. The third kappa shape index (κ3) is 2.33. The van der Waals surface area contributed by atoms with Crippen molar-refractivity contribution in [2.24, 2.45) is 0 Å². The van der Waals surface area contributed by atoms with Crippen molar-refractivity contribution in [3.05, 3.63) is 24.3 Å². The van der Waals surface area contributed by atoms with Gasteiger partial charge in [0, 0.05) is 24.0 Å². The van der Waals surface area contributed by atoms with E-state index in [1.54, 1.807) is 12.4 Å². The zero-order valence-corrected chi connectivity index (χ0v) is 6.99. The first-order valence-corrected chi connectivity index (χ1v) is 3.76. The topological polar surface area (TPSA) is 37.8 Å². The standard InChI is InChI=1S/C9H11N3/c1-3-4-12-8(2)9-5-10-7-11-6-9/h1,5-8,12H,4H2,2H3. The van der Waals surface area contributed by atoms with E-state index < -0.39 is 0 Å². The highest BCUT2D eigenvalue weighted by atomic mass is 14.9. The van der Waals surface area contributed by atoms with Gasteiger partial charge in [0.2, 0.25) is 0 Å². The predicted molar refractivity (Wildman–Crippen MR) is 47.3 cm³/mol. The van der Waals surface area contributed by atoms with Gasteiger partial charge in [0.1, 0.15) is 6.33 Å². The van der Waals surface area contributed by atoms with Crippen LogP contribution >= 0.6 is 0 Å². The zero-order chi connectivity index (χ0) is 8.81. The molecule has 3 heteroatoms. The fraction of sp³-hybridized carbons (Fsp3) is 0.333. The molecule has 3 nitrogen and oxygen atoms in total. The van der Waals surface area contributed by atoms with E-state index in [9.17, 15) is 0 Å². The summed E-state index contributed by atoms with van der Waals surface area (Å²) >= 11 is 0. The van der Waals surface area contributed by atoms with Gasteiger partial charge in [-0.1, -0.05) is 5.92 Å². The highest BCUT2D eigenvalue weighted by Gasteiger charge is 2.02. The largest absolute Gasteiger partial charge is 0.299 e. The molecule has 0 spiro atoms. The molecule has 1 N–H and O–H groups in total. The second-order valence-electron chi connectivity index (χ2n) is 2.48. The molecule has 1 atom stereocenters. The molecule has 1 rings (SSSR count). The van der Waals surface area contributed by atoms with Crippen LogP contribution in [-0.2, 0) is 0 Å². The summed E-state index contributed by atoms with van der Waals surface area (Å²) in [6, 6.07) is 0.210. The van der Waals surface area contributed by atoms with Crippen LogP contribution in [-0.4, -0.2) is 16.5 Å². The number of aromatic nitrogens is 2. The monoisotopic (exact) mass is 161 g/mol. The number of hydrogen-bond donors (Lipinski definition) is 1. The van der Waals surface area contributed by atoms with Gasteiger partial charge >= 0.3 is 0 Å². The Morgan fingerprint density at radius 2 is 2.25 bits per heavy atom. The van der Waals surface area contributed by atoms with Crippen LogP contribution < -0.4 is 5.32 Å². The molecular formula is C9H11N3. The molecule has 1 aromatic rings. The Labute approximate surface area is 72.2 Å². The lowest BCUT2D eigenvalue weighted by atomic mass is 10.2. The van der Waals surface area contributed by atoms with Crippen LogP contribution in [0.4, 0.5) is 0 Å². The van der Waals surface area contributed by atoms with Crippen LogP contribution in [0.5, 0.6) is 0 Å². The van der Waals surface area contributed by atoms with Crippen LogP contribution in [0.3, 0.4) is 0 Å². The van der Waals surface area contributed by atoms with Crippen molar-refractivity contribution in [3.8, 4) is 12.3 Å². The van der Waals surface area contributed by atoms with Gasteiger partial charge in [-0.3, -0.25) is 5.32 Å². The van der Waals surface area contributed by atoms with E-state index in [1.165, 1.54) is 6.33 Å². The molecular weight excluding hydrogens is 150 g/mol. The normalized spacial score (nSPS) is 12.0. The molecule has 1 unspecified atom stereocenters. The maximum atomic E-state index is 5.11. The second kappa shape index (κ2) is 4.47. The van der Waals surface area contributed by atoms with Crippen molar-refractivity contribution >= 4 is 0 Å². The van der Waals surface area contributed by atoms with Crippen molar-refractivity contribution in [2.75, 3.05) is 6.54 Å². The molecule has 0 saturated heterocycles. The third-order valence-corrected chi connectivity index (χ3v) is 1.59. The maximum absolute atomic E-state index is 5.11. The van der Waals surface area contributed by atoms with Crippen molar-refractivity contribution < 1.29 is 0 Å². The Morgan fingerprint density at radius 1 is 1.58 bits per heavy atom. The summed E-state index contributed by atoms with van der Waals surface area (Å²) in [6.45, 7) is 2.59. The smallest absolute Gasteiger partial charge is 0.115 e. The number of nitrogens with one attached hydrogen (secondary N) is 1. The van der Waals surface area contributed by atoms with Gasteiger partial charge in [-0.2, -0.15) is 0 Å². The molecule has 0 saturated carbocycles. The van der Waals surface area contributed by atoms with Gasteiger partial charge in [0.25, 0.3) is 0 Å². The van der Waals surface area contributed by atoms with Crippen LogP contribution in [0.25, 0.3) is 0 Å². The van der Waals surface area contributed by atoms with Gasteiger partial charge < -0.3 is 0 Å². The molecule has 0 bridgehead atoms. The fourth-order valence-corrected chi connectivity index (χ4v) is 0.864. The van der Waals surface area contributed by atoms with Crippen molar-refractivity contribution in [2.45, 2.75) is 13.0 Å². The molecule has 0 radical (unpaired) electrons. The molecule has 0 aliphatic heterocycles. The van der Waals surface area contributed by atoms with E-state index in [2.05, 4.69) is 21.2 Å². The third-order valence-electron chi connectivity index (χ3n) is 1.59. The van der Waals surface area contributed by atoms with Gasteiger partial charge in [-0.25, -0.2) is 9.97 Å². The van der Waals surface area contributed by atoms with Gasteiger partial charge in [-0.15, -0.1) is 6.42 Å². The summed E-state index contributed by atoms with van der Waals surface area (Å²) in [4.78, 5) is 7.82. The lowest BCUT2D eigenvalue weighted by Gasteiger charge is -2.09. The molecule has 12 heavy (non-hydrogen) atoms. The maximum Gasteiger partial charge on any atom is 0.115 e. The summed E-state index contributed by atoms with van der Waals surface area (Å²) in [5.74, 6) is 2.52. The first-order chi connectivity index (χ1) is 5.84. The first-order valence-electron chi connectivity index (χ1n) is 3.76. The first kappa shape index (κ1) is 8.69. The van der Waals surface area contributed by atoms with Crippen molar-refractivity contribution in [1.29, 1.82) is 0 Å². The number of rotatable bonds is 3. The van der Waals surface area contributed by atoms with E-state index >= 15 is 0 Å². The highest BCUT2D eigenvalue weighted by molar-refractivity contribution is 5.08. The molecule has 0 fully saturated rings. The van der Waals surface area contributed by atoms with Crippen LogP contribution in [0, 0.1) is 12.3 Å². The lowest BCUT2D eigenvalue weighted by Crippen LogP contribution is -2.18. The zero-order valence-electron chi connectivity index (χ0n) is 6.99. The minimum atomic E-state index is 0.210. The SMILES string of the molecule is C#CCNC(C)c1cncnc1. The Morgan fingerprint density at radius 3 is 2.83 bits per heavy atom. The van der Waals surface area contributed by atoms with Crippen molar-refractivity contribution in [1.82, 2.24) is 15.3 Å². The van der Waals surface area contributed by atoms with E-state index in [0.29, 0.717) is 6.54 Å². The summed E-state index contributed by atoms with van der Waals surface area (Å²) in [6.07, 6.45) is 10.2. The molecule has 1 heterocycles. The molecule has 0 amide bonds. The number of hydrogen-bond acceptors (Lipinski definition) is 3. The predicted octanol–water partition coefficient (Wildman–Crippen LogP) is 0.760. The molecule has 1 aromatic heterocycles. The number of nitrogens with zero attached hydrogens (tertiary/aromatic N) is 2. The summed E-state index contributed by atoms with van der Waals surface area (Å²) in [5.41, 5.74) is 1.05. The van der Waals surface area contributed by atoms with Crippen LogP contribution in [0.15, 0.2) is 18.7 Å². The lowest BCUT2D eigenvalue weighted by molar-refractivity contribution is 0.618. The minimum Gasteiger partial charge on any atom is -0.299 e. The summed E-state index contributed by atoms with van der Waals surface area (Å²) in [7, 11) is 0. The Kier molecular flexibility index (Phi) is 3.24. The van der Waals surface area contributed by atoms with Gasteiger partial charge in [-0.05, 0) is 6.92 Å². The highest BCUT2D eigenvalue weighted by Crippen LogP contribution is 2.07. The van der Waals surface area contributed by atoms with Crippen molar-refractivity contribution in [3.63, 3.8) is 0 Å². The Balaban J connectivity index is 2.55. The molecule has 0 aliphatic carbocycles. The Hall–Kier alpha value is -1.40. The van der Waals surface area contributed by atoms with Gasteiger partial charge in [0.05, 0.1) is 6.54 Å². The number of terminal acetylenes is 1. The fourth-order valence-electron chi connectivity index (χ4n) is 0.864. The second-order valence-corrected chi connectivity index (χ2v) is 2.48. The van der Waals surface area contributed by atoms with Gasteiger partial charge in [0.15, 0.2) is 0 Å². The molecule has 0 aromatic carbocycles. The summed E-state index contributed by atoms with van der Waals surface area (Å²) in [5, 5.41) is 3.13. The van der Waals surface area contributed by atoms with E-state index in [0.717, 1.165) is 5.56 Å². The Bertz CT molecular complexity index is 263. The molecule has 62 valence electrons.